The molecule has 19 heavy (non-hydrogen) atoms. The Kier molecular flexibility index (Phi) is 4.56. The fourth-order valence-corrected chi connectivity index (χ4v) is 2.67. The second-order valence-corrected chi connectivity index (χ2v) is 6.52. The molecular formula is C16H23NOS. The van der Waals surface area contributed by atoms with Crippen molar-refractivity contribution in [2.45, 2.75) is 50.5 Å². The van der Waals surface area contributed by atoms with E-state index in [0.717, 1.165) is 12.3 Å². The molecule has 0 amide bonds. The first kappa shape index (κ1) is 14.4. The molecule has 1 aliphatic rings. The van der Waals surface area contributed by atoms with Crippen molar-refractivity contribution >= 4 is 17.7 Å². The van der Waals surface area contributed by atoms with Crippen LogP contribution in [0.1, 0.15) is 44.7 Å². The van der Waals surface area contributed by atoms with Crippen molar-refractivity contribution < 1.29 is 4.74 Å². The van der Waals surface area contributed by atoms with Crippen LogP contribution in [-0.2, 0) is 11.2 Å². The summed E-state index contributed by atoms with van der Waals surface area (Å²) in [6.07, 6.45) is 5.64. The Balaban J connectivity index is 2.33. The van der Waals surface area contributed by atoms with Gasteiger partial charge in [-0.3, -0.25) is 0 Å². The number of rotatable bonds is 5. The number of ether oxygens (including phenoxy) is 1. The molecule has 0 fully saturated rings. The molecule has 0 radical (unpaired) electrons. The van der Waals surface area contributed by atoms with Crippen LogP contribution in [0.15, 0.2) is 28.1 Å². The highest BCUT2D eigenvalue weighted by atomic mass is 32.2. The highest BCUT2D eigenvalue weighted by Crippen LogP contribution is 2.26. The number of aryl methyl sites for hydroxylation is 1. The average Bonchev–Trinajstić information content (AvgIpc) is 2.76. The van der Waals surface area contributed by atoms with E-state index in [9.17, 15) is 0 Å². The Morgan fingerprint density at radius 2 is 2.16 bits per heavy atom. The van der Waals surface area contributed by atoms with E-state index in [2.05, 4.69) is 45.2 Å². The van der Waals surface area contributed by atoms with Gasteiger partial charge in [0.25, 0.3) is 0 Å². The monoisotopic (exact) mass is 277 g/mol. The van der Waals surface area contributed by atoms with Crippen molar-refractivity contribution in [3.8, 4) is 0 Å². The van der Waals surface area contributed by atoms with Crippen LogP contribution in [0.5, 0.6) is 0 Å². The van der Waals surface area contributed by atoms with Crippen LogP contribution >= 0.6 is 11.8 Å². The highest BCUT2D eigenvalue weighted by Gasteiger charge is 2.28. The van der Waals surface area contributed by atoms with E-state index < -0.39 is 0 Å². The number of aliphatic imine (C=N–C) groups is 1. The van der Waals surface area contributed by atoms with E-state index in [1.54, 1.807) is 11.8 Å². The van der Waals surface area contributed by atoms with Gasteiger partial charge in [0.05, 0.1) is 5.54 Å². The summed E-state index contributed by atoms with van der Waals surface area (Å²) in [4.78, 5) is 6.02. The third kappa shape index (κ3) is 3.53. The fourth-order valence-electron chi connectivity index (χ4n) is 2.20. The molecule has 0 aliphatic carbocycles. The third-order valence-corrected chi connectivity index (χ3v) is 4.03. The Morgan fingerprint density at radius 3 is 2.74 bits per heavy atom. The average molecular weight is 277 g/mol. The Bertz CT molecular complexity index is 480. The largest absolute Gasteiger partial charge is 0.475 e. The van der Waals surface area contributed by atoms with Crippen LogP contribution in [0.2, 0.25) is 0 Å². The summed E-state index contributed by atoms with van der Waals surface area (Å²) in [6, 6.07) is 6.61. The van der Waals surface area contributed by atoms with Crippen LogP contribution in [0, 0.1) is 0 Å². The molecule has 0 N–H and O–H groups in total. The molecule has 1 heterocycles. The van der Waals surface area contributed by atoms with E-state index in [1.807, 2.05) is 0 Å². The molecule has 0 bridgehead atoms. The molecule has 104 valence electrons. The molecule has 1 aromatic carbocycles. The summed E-state index contributed by atoms with van der Waals surface area (Å²) in [5.74, 6) is 0.823. The maximum atomic E-state index is 5.79. The van der Waals surface area contributed by atoms with Gasteiger partial charge in [0.15, 0.2) is 0 Å². The maximum Gasteiger partial charge on any atom is 0.217 e. The first-order valence-corrected chi connectivity index (χ1v) is 8.18. The third-order valence-electron chi connectivity index (χ3n) is 3.31. The predicted octanol–water partition coefficient (Wildman–Crippen LogP) is 4.31. The first-order chi connectivity index (χ1) is 9.05. The normalized spacial score (nSPS) is 17.2. The van der Waals surface area contributed by atoms with Gasteiger partial charge in [-0.2, -0.15) is 0 Å². The fraction of sp³-hybridized carbons (Fsp3) is 0.562. The standard InChI is InChI=1S/C16H23NOS/c1-5-6-7-12-10-13(19-4)8-9-14(12)15-17-16(2,3)11-18-15/h8-10H,5-7,11H2,1-4H3. The van der Waals surface area contributed by atoms with Crippen LogP contribution in [0.4, 0.5) is 0 Å². The van der Waals surface area contributed by atoms with E-state index in [0.29, 0.717) is 6.61 Å². The molecule has 0 unspecified atom stereocenters. The predicted molar refractivity (Wildman–Crippen MR) is 83.4 cm³/mol. The molecule has 0 saturated carbocycles. The quantitative estimate of drug-likeness (QED) is 0.748. The van der Waals surface area contributed by atoms with Crippen LogP contribution in [0.25, 0.3) is 0 Å². The van der Waals surface area contributed by atoms with E-state index in [1.165, 1.54) is 28.9 Å². The number of nitrogens with zero attached hydrogens (tertiary/aromatic N) is 1. The van der Waals surface area contributed by atoms with E-state index in [4.69, 9.17) is 9.73 Å². The minimum absolute atomic E-state index is 0.0878. The van der Waals surface area contributed by atoms with Crippen LogP contribution in [-0.4, -0.2) is 24.3 Å². The summed E-state index contributed by atoms with van der Waals surface area (Å²) in [7, 11) is 0. The Hall–Kier alpha value is -0.960. The number of thioether (sulfide) groups is 1. The Labute approximate surface area is 120 Å². The Morgan fingerprint density at radius 1 is 1.37 bits per heavy atom. The second kappa shape index (κ2) is 6.00. The molecule has 0 spiro atoms. The zero-order valence-corrected chi connectivity index (χ0v) is 13.1. The van der Waals surface area contributed by atoms with Gasteiger partial charge < -0.3 is 4.74 Å². The summed E-state index contributed by atoms with van der Waals surface area (Å²) < 4.78 is 5.79. The minimum Gasteiger partial charge on any atom is -0.475 e. The number of unbranched alkanes of at least 4 members (excludes halogenated alkanes) is 1. The molecule has 2 rings (SSSR count). The van der Waals surface area contributed by atoms with Crippen LogP contribution in [0.3, 0.4) is 0 Å². The van der Waals surface area contributed by atoms with Gasteiger partial charge in [-0.05, 0) is 56.7 Å². The summed E-state index contributed by atoms with van der Waals surface area (Å²) in [5, 5.41) is 0. The zero-order chi connectivity index (χ0) is 13.9. The summed E-state index contributed by atoms with van der Waals surface area (Å²) in [6.45, 7) is 7.13. The van der Waals surface area contributed by atoms with Gasteiger partial charge in [0.2, 0.25) is 5.90 Å². The van der Waals surface area contributed by atoms with Gasteiger partial charge in [0.1, 0.15) is 6.61 Å². The van der Waals surface area contributed by atoms with Crippen molar-refractivity contribution in [2.24, 2.45) is 4.99 Å². The lowest BCUT2D eigenvalue weighted by atomic mass is 10.0. The molecule has 1 aromatic rings. The topological polar surface area (TPSA) is 21.6 Å². The van der Waals surface area contributed by atoms with Gasteiger partial charge >= 0.3 is 0 Å². The zero-order valence-electron chi connectivity index (χ0n) is 12.3. The molecule has 0 atom stereocenters. The van der Waals surface area contributed by atoms with E-state index >= 15 is 0 Å². The van der Waals surface area contributed by atoms with Crippen molar-refractivity contribution in [2.75, 3.05) is 12.9 Å². The highest BCUT2D eigenvalue weighted by molar-refractivity contribution is 7.98. The molecule has 0 aromatic heterocycles. The van der Waals surface area contributed by atoms with Gasteiger partial charge in [-0.1, -0.05) is 13.3 Å². The van der Waals surface area contributed by atoms with Crippen molar-refractivity contribution in [1.29, 1.82) is 0 Å². The van der Waals surface area contributed by atoms with Crippen molar-refractivity contribution in [1.82, 2.24) is 0 Å². The van der Waals surface area contributed by atoms with Crippen LogP contribution < -0.4 is 0 Å². The van der Waals surface area contributed by atoms with Crippen molar-refractivity contribution in [3.63, 3.8) is 0 Å². The lowest BCUT2D eigenvalue weighted by Gasteiger charge is -2.10. The maximum absolute atomic E-state index is 5.79. The summed E-state index contributed by atoms with van der Waals surface area (Å²) in [5.41, 5.74) is 2.46. The smallest absolute Gasteiger partial charge is 0.217 e. The molecule has 2 nitrogen and oxygen atoms in total. The van der Waals surface area contributed by atoms with Crippen molar-refractivity contribution in [3.05, 3.63) is 29.3 Å². The molecule has 1 aliphatic heterocycles. The SMILES string of the molecule is CCCCc1cc(SC)ccc1C1=NC(C)(C)CO1. The van der Waals surface area contributed by atoms with Gasteiger partial charge in [-0.25, -0.2) is 4.99 Å². The lowest BCUT2D eigenvalue weighted by Crippen LogP contribution is -2.17. The number of benzene rings is 1. The molecule has 3 heteroatoms. The van der Waals surface area contributed by atoms with Gasteiger partial charge in [-0.15, -0.1) is 11.8 Å². The summed E-state index contributed by atoms with van der Waals surface area (Å²) >= 11 is 1.79. The molecule has 0 saturated heterocycles. The minimum atomic E-state index is -0.0878. The first-order valence-electron chi connectivity index (χ1n) is 6.95. The van der Waals surface area contributed by atoms with E-state index in [-0.39, 0.29) is 5.54 Å². The lowest BCUT2D eigenvalue weighted by molar-refractivity contribution is 0.279. The molecular weight excluding hydrogens is 254 g/mol. The number of hydrogen-bond acceptors (Lipinski definition) is 3. The second-order valence-electron chi connectivity index (χ2n) is 5.64. The van der Waals surface area contributed by atoms with Gasteiger partial charge in [0, 0.05) is 10.5 Å². The number of hydrogen-bond donors (Lipinski definition) is 0.